The first-order chi connectivity index (χ1) is 15.5. The van der Waals surface area contributed by atoms with Gasteiger partial charge < -0.3 is 0 Å². The lowest BCUT2D eigenvalue weighted by Crippen LogP contribution is -2.30. The van der Waals surface area contributed by atoms with Crippen molar-refractivity contribution in [1.82, 2.24) is 18.4 Å². The minimum atomic E-state index is -3.83. The Morgan fingerprint density at radius 3 is 1.85 bits per heavy atom. The van der Waals surface area contributed by atoms with E-state index >= 15 is 0 Å². The molecule has 0 saturated carbocycles. The van der Waals surface area contributed by atoms with Gasteiger partial charge in [-0.25, -0.2) is 21.5 Å². The molecule has 8 nitrogen and oxygen atoms in total. The van der Waals surface area contributed by atoms with Crippen molar-refractivity contribution in [3.05, 3.63) is 71.5 Å². The zero-order valence-corrected chi connectivity index (χ0v) is 21.2. The zero-order chi connectivity index (χ0) is 24.4. The standard InChI is InChI=1S/C23H30N4O4S2/c1-6-26(7-2)33(30,31)22-15-13-21(14-16-22)32(28,29)25(5)17-23-18(3)24-27(19(23)4)20-11-9-8-10-12-20/h8-16H,6-7,17H2,1-5H3. The molecule has 10 heteroatoms. The number of para-hydroxylation sites is 1. The van der Waals surface area contributed by atoms with E-state index < -0.39 is 20.0 Å². The predicted octanol–water partition coefficient (Wildman–Crippen LogP) is 3.34. The molecule has 2 aromatic carbocycles. The highest BCUT2D eigenvalue weighted by atomic mass is 32.2. The molecule has 0 spiro atoms. The van der Waals surface area contributed by atoms with Crippen LogP contribution in [0.15, 0.2) is 64.4 Å². The molecule has 33 heavy (non-hydrogen) atoms. The van der Waals surface area contributed by atoms with Crippen LogP contribution in [0.25, 0.3) is 5.69 Å². The van der Waals surface area contributed by atoms with E-state index in [0.29, 0.717) is 13.1 Å². The zero-order valence-electron chi connectivity index (χ0n) is 19.6. The van der Waals surface area contributed by atoms with Gasteiger partial charge in [-0.1, -0.05) is 32.0 Å². The highest BCUT2D eigenvalue weighted by Crippen LogP contribution is 2.24. The molecule has 178 valence electrons. The van der Waals surface area contributed by atoms with Crippen LogP contribution in [0.2, 0.25) is 0 Å². The monoisotopic (exact) mass is 490 g/mol. The highest BCUT2D eigenvalue weighted by Gasteiger charge is 2.26. The van der Waals surface area contributed by atoms with Gasteiger partial charge in [0.1, 0.15) is 0 Å². The molecule has 0 amide bonds. The van der Waals surface area contributed by atoms with E-state index in [-0.39, 0.29) is 16.3 Å². The Kier molecular flexibility index (Phi) is 7.42. The first-order valence-electron chi connectivity index (χ1n) is 10.7. The number of rotatable bonds is 9. The van der Waals surface area contributed by atoms with Gasteiger partial charge in [0.25, 0.3) is 0 Å². The summed E-state index contributed by atoms with van der Waals surface area (Å²) in [7, 11) is -5.98. The normalized spacial score (nSPS) is 12.6. The van der Waals surface area contributed by atoms with Gasteiger partial charge >= 0.3 is 0 Å². The Balaban J connectivity index is 1.87. The van der Waals surface area contributed by atoms with Crippen LogP contribution in [0, 0.1) is 13.8 Å². The fraction of sp³-hybridized carbons (Fsp3) is 0.348. The van der Waals surface area contributed by atoms with E-state index in [0.717, 1.165) is 22.6 Å². The third-order valence-corrected chi connectivity index (χ3v) is 9.58. The summed E-state index contributed by atoms with van der Waals surface area (Å²) in [5, 5.41) is 4.58. The molecule has 0 aliphatic heterocycles. The van der Waals surface area contributed by atoms with Crippen molar-refractivity contribution in [2.75, 3.05) is 20.1 Å². The average molecular weight is 491 g/mol. The fourth-order valence-electron chi connectivity index (χ4n) is 3.71. The van der Waals surface area contributed by atoms with E-state index in [1.54, 1.807) is 18.5 Å². The predicted molar refractivity (Wildman–Crippen MR) is 128 cm³/mol. The summed E-state index contributed by atoms with van der Waals surface area (Å²) >= 11 is 0. The Bertz CT molecular complexity index is 1310. The number of sulfonamides is 2. The number of benzene rings is 2. The van der Waals surface area contributed by atoms with E-state index in [2.05, 4.69) is 5.10 Å². The maximum absolute atomic E-state index is 13.2. The van der Waals surface area contributed by atoms with Crippen LogP contribution in [0.5, 0.6) is 0 Å². The van der Waals surface area contributed by atoms with Gasteiger partial charge in [0, 0.05) is 37.9 Å². The number of aryl methyl sites for hydroxylation is 1. The van der Waals surface area contributed by atoms with Gasteiger partial charge in [-0.15, -0.1) is 0 Å². The van der Waals surface area contributed by atoms with Crippen molar-refractivity contribution >= 4 is 20.0 Å². The first kappa shape index (κ1) is 25.1. The maximum Gasteiger partial charge on any atom is 0.243 e. The van der Waals surface area contributed by atoms with Crippen molar-refractivity contribution in [3.63, 3.8) is 0 Å². The first-order valence-corrected chi connectivity index (χ1v) is 13.6. The molecular weight excluding hydrogens is 460 g/mol. The Labute approximate surface area is 196 Å². The molecule has 0 aliphatic rings. The molecule has 0 bridgehead atoms. The second-order valence-electron chi connectivity index (χ2n) is 7.72. The Morgan fingerprint density at radius 2 is 1.33 bits per heavy atom. The maximum atomic E-state index is 13.2. The second kappa shape index (κ2) is 9.76. The van der Waals surface area contributed by atoms with Crippen molar-refractivity contribution in [3.8, 4) is 5.69 Å². The molecule has 1 heterocycles. The number of hydrogen-bond donors (Lipinski definition) is 0. The summed E-state index contributed by atoms with van der Waals surface area (Å²) in [5.74, 6) is 0. The van der Waals surface area contributed by atoms with Gasteiger partial charge in [0.05, 0.1) is 21.2 Å². The lowest BCUT2D eigenvalue weighted by atomic mass is 10.2. The highest BCUT2D eigenvalue weighted by molar-refractivity contribution is 7.89. The quantitative estimate of drug-likeness (QED) is 0.459. The fourth-order valence-corrected chi connectivity index (χ4v) is 6.31. The summed E-state index contributed by atoms with van der Waals surface area (Å²) < 4.78 is 56.1. The van der Waals surface area contributed by atoms with E-state index in [1.807, 2.05) is 44.2 Å². The number of aromatic nitrogens is 2. The van der Waals surface area contributed by atoms with E-state index in [9.17, 15) is 16.8 Å². The van der Waals surface area contributed by atoms with Gasteiger partial charge in [-0.05, 0) is 50.2 Å². The van der Waals surface area contributed by atoms with Gasteiger partial charge in [-0.2, -0.15) is 13.7 Å². The van der Waals surface area contributed by atoms with Gasteiger partial charge in [-0.3, -0.25) is 0 Å². The number of nitrogens with zero attached hydrogens (tertiary/aromatic N) is 4. The van der Waals surface area contributed by atoms with Crippen LogP contribution in [0.4, 0.5) is 0 Å². The SMILES string of the molecule is CCN(CC)S(=O)(=O)c1ccc(S(=O)(=O)N(C)Cc2c(C)nn(-c3ccccc3)c2C)cc1. The molecule has 0 aliphatic carbocycles. The van der Waals surface area contributed by atoms with Crippen LogP contribution in [-0.2, 0) is 26.6 Å². The minimum Gasteiger partial charge on any atom is -0.238 e. The molecule has 0 atom stereocenters. The van der Waals surface area contributed by atoms with Crippen LogP contribution < -0.4 is 0 Å². The van der Waals surface area contributed by atoms with E-state index in [4.69, 9.17) is 0 Å². The smallest absolute Gasteiger partial charge is 0.238 e. The third-order valence-electron chi connectivity index (χ3n) is 5.70. The summed E-state index contributed by atoms with van der Waals surface area (Å²) in [6.45, 7) is 8.13. The average Bonchev–Trinajstić information content (AvgIpc) is 3.08. The van der Waals surface area contributed by atoms with E-state index in [1.165, 1.54) is 39.9 Å². The largest absolute Gasteiger partial charge is 0.243 e. The van der Waals surface area contributed by atoms with Crippen molar-refractivity contribution in [1.29, 1.82) is 0 Å². The van der Waals surface area contributed by atoms with Gasteiger partial charge in [0.15, 0.2) is 0 Å². The molecular formula is C23H30N4O4S2. The van der Waals surface area contributed by atoms with Gasteiger partial charge in [0.2, 0.25) is 20.0 Å². The van der Waals surface area contributed by atoms with Crippen molar-refractivity contribution in [2.45, 2.75) is 44.0 Å². The van der Waals surface area contributed by atoms with Crippen LogP contribution >= 0.6 is 0 Å². The lowest BCUT2D eigenvalue weighted by molar-refractivity contribution is 0.445. The molecule has 0 saturated heterocycles. The molecule has 1 aromatic heterocycles. The van der Waals surface area contributed by atoms with Crippen molar-refractivity contribution < 1.29 is 16.8 Å². The lowest BCUT2D eigenvalue weighted by Gasteiger charge is -2.20. The minimum absolute atomic E-state index is 0.0363. The second-order valence-corrected chi connectivity index (χ2v) is 11.7. The molecule has 0 N–H and O–H groups in total. The summed E-state index contributed by atoms with van der Waals surface area (Å²) in [4.78, 5) is 0.109. The Morgan fingerprint density at radius 1 is 0.818 bits per heavy atom. The molecule has 0 radical (unpaired) electrons. The number of hydrogen-bond acceptors (Lipinski definition) is 5. The Hall–Kier alpha value is -2.53. The third kappa shape index (κ3) is 4.89. The molecule has 0 fully saturated rings. The summed E-state index contributed by atoms with van der Waals surface area (Å²) in [5.41, 5.74) is 3.34. The van der Waals surface area contributed by atoms with Crippen LogP contribution in [0.1, 0.15) is 30.8 Å². The molecule has 3 rings (SSSR count). The van der Waals surface area contributed by atoms with Crippen molar-refractivity contribution in [2.24, 2.45) is 0 Å². The topological polar surface area (TPSA) is 92.6 Å². The summed E-state index contributed by atoms with van der Waals surface area (Å²) in [6.07, 6.45) is 0. The molecule has 3 aromatic rings. The van der Waals surface area contributed by atoms with Crippen LogP contribution in [0.3, 0.4) is 0 Å². The summed E-state index contributed by atoms with van der Waals surface area (Å²) in [6, 6.07) is 15.0. The van der Waals surface area contributed by atoms with Crippen LogP contribution in [-0.4, -0.2) is 55.4 Å². The molecule has 0 unspecified atom stereocenters.